The predicted octanol–water partition coefficient (Wildman–Crippen LogP) is 0.540. The minimum absolute atomic E-state index is 0.365. The third kappa shape index (κ3) is 1.76. The second kappa shape index (κ2) is 3.58. The molecule has 0 aromatic carbocycles. The fourth-order valence-electron chi connectivity index (χ4n) is 1.41. The molecule has 66 valence electrons. The molecular weight excluding hydrogens is 154 g/mol. The molecule has 1 fully saturated rings. The Morgan fingerprint density at radius 3 is 2.92 bits per heavy atom. The van der Waals surface area contributed by atoms with Crippen molar-refractivity contribution in [3.8, 4) is 5.75 Å². The minimum Gasteiger partial charge on any atom is -0.487 e. The van der Waals surface area contributed by atoms with Gasteiger partial charge in [-0.2, -0.15) is 5.10 Å². The number of nitrogens with one attached hydrogen (secondary N) is 2. The second-order valence-corrected chi connectivity index (χ2v) is 3.00. The van der Waals surface area contributed by atoms with Gasteiger partial charge >= 0.3 is 0 Å². The van der Waals surface area contributed by atoms with Gasteiger partial charge in [0.15, 0.2) is 5.75 Å². The Balaban J connectivity index is 1.86. The quantitative estimate of drug-likeness (QED) is 0.676. The van der Waals surface area contributed by atoms with Crippen LogP contribution in [-0.2, 0) is 0 Å². The maximum Gasteiger partial charge on any atom is 0.157 e. The molecule has 0 spiro atoms. The highest BCUT2D eigenvalue weighted by Crippen LogP contribution is 2.13. The van der Waals surface area contributed by atoms with Crippen molar-refractivity contribution in [3.63, 3.8) is 0 Å². The fourth-order valence-corrected chi connectivity index (χ4v) is 1.41. The number of aromatic amines is 1. The van der Waals surface area contributed by atoms with E-state index in [0.29, 0.717) is 6.10 Å². The van der Waals surface area contributed by atoms with E-state index in [9.17, 15) is 0 Å². The zero-order valence-electron chi connectivity index (χ0n) is 6.92. The topological polar surface area (TPSA) is 49.9 Å². The Labute approximate surface area is 71.3 Å². The normalized spacial score (nSPS) is 19.3. The first-order valence-electron chi connectivity index (χ1n) is 4.31. The predicted molar refractivity (Wildman–Crippen MR) is 45.1 cm³/mol. The molecule has 0 atom stereocenters. The molecule has 2 N–H and O–H groups in total. The van der Waals surface area contributed by atoms with Crippen LogP contribution in [0.5, 0.6) is 5.75 Å². The first kappa shape index (κ1) is 7.61. The van der Waals surface area contributed by atoms with Gasteiger partial charge in [0.2, 0.25) is 0 Å². The van der Waals surface area contributed by atoms with E-state index in [0.717, 1.165) is 31.7 Å². The zero-order chi connectivity index (χ0) is 8.23. The van der Waals surface area contributed by atoms with Gasteiger partial charge in [-0.1, -0.05) is 0 Å². The summed E-state index contributed by atoms with van der Waals surface area (Å²) in [5.74, 6) is 0.849. The van der Waals surface area contributed by atoms with Crippen LogP contribution < -0.4 is 10.1 Å². The Kier molecular flexibility index (Phi) is 2.27. The summed E-state index contributed by atoms with van der Waals surface area (Å²) in [6, 6.07) is 0. The highest BCUT2D eigenvalue weighted by atomic mass is 16.5. The van der Waals surface area contributed by atoms with E-state index < -0.39 is 0 Å². The van der Waals surface area contributed by atoms with Gasteiger partial charge in [0.25, 0.3) is 0 Å². The van der Waals surface area contributed by atoms with Crippen LogP contribution >= 0.6 is 0 Å². The van der Waals surface area contributed by atoms with Gasteiger partial charge in [-0.25, -0.2) is 0 Å². The zero-order valence-corrected chi connectivity index (χ0v) is 6.92. The van der Waals surface area contributed by atoms with Gasteiger partial charge in [0.05, 0.1) is 12.4 Å². The van der Waals surface area contributed by atoms with Crippen molar-refractivity contribution in [1.82, 2.24) is 15.5 Å². The third-order valence-corrected chi connectivity index (χ3v) is 2.06. The molecule has 0 amide bonds. The minimum atomic E-state index is 0.365. The molecule has 1 saturated heterocycles. The summed E-state index contributed by atoms with van der Waals surface area (Å²) in [7, 11) is 0. The molecule has 0 aliphatic carbocycles. The van der Waals surface area contributed by atoms with Gasteiger partial charge in [-0.15, -0.1) is 0 Å². The summed E-state index contributed by atoms with van der Waals surface area (Å²) in [6.07, 6.45) is 6.03. The smallest absolute Gasteiger partial charge is 0.157 e. The maximum absolute atomic E-state index is 5.66. The Morgan fingerprint density at radius 1 is 1.42 bits per heavy atom. The highest BCUT2D eigenvalue weighted by molar-refractivity contribution is 5.10. The van der Waals surface area contributed by atoms with Gasteiger partial charge in [-0.3, -0.25) is 5.10 Å². The van der Waals surface area contributed by atoms with E-state index in [-0.39, 0.29) is 0 Å². The lowest BCUT2D eigenvalue weighted by molar-refractivity contribution is 0.162. The molecule has 4 nitrogen and oxygen atoms in total. The van der Waals surface area contributed by atoms with Crippen LogP contribution in [0.15, 0.2) is 12.4 Å². The fraction of sp³-hybridized carbons (Fsp3) is 0.625. The number of piperidine rings is 1. The lowest BCUT2D eigenvalue weighted by atomic mass is 10.1. The van der Waals surface area contributed by atoms with Gasteiger partial charge in [0.1, 0.15) is 6.10 Å². The van der Waals surface area contributed by atoms with E-state index in [1.54, 1.807) is 12.4 Å². The summed E-state index contributed by atoms with van der Waals surface area (Å²) in [5.41, 5.74) is 0. The summed E-state index contributed by atoms with van der Waals surface area (Å²) >= 11 is 0. The largest absolute Gasteiger partial charge is 0.487 e. The number of rotatable bonds is 2. The molecule has 0 bridgehead atoms. The van der Waals surface area contributed by atoms with Crippen LogP contribution in [0.4, 0.5) is 0 Å². The maximum atomic E-state index is 5.66. The number of hydrogen-bond acceptors (Lipinski definition) is 3. The first-order valence-corrected chi connectivity index (χ1v) is 4.31. The van der Waals surface area contributed by atoms with Crippen molar-refractivity contribution in [1.29, 1.82) is 0 Å². The molecule has 1 aromatic heterocycles. The van der Waals surface area contributed by atoms with Crippen LogP contribution in [0.2, 0.25) is 0 Å². The average Bonchev–Trinajstić information content (AvgIpc) is 2.59. The van der Waals surface area contributed by atoms with E-state index in [2.05, 4.69) is 15.5 Å². The highest BCUT2D eigenvalue weighted by Gasteiger charge is 2.14. The Hall–Kier alpha value is -1.03. The van der Waals surface area contributed by atoms with Crippen LogP contribution in [0, 0.1) is 0 Å². The van der Waals surface area contributed by atoms with Crippen LogP contribution in [0.3, 0.4) is 0 Å². The van der Waals surface area contributed by atoms with Gasteiger partial charge < -0.3 is 10.1 Å². The first-order chi connectivity index (χ1) is 5.95. The standard InChI is InChI=1S/C8H13N3O/c1-3-9-4-2-7(1)12-8-5-10-11-6-8/h5-7,9H,1-4H2,(H,10,11). The molecule has 0 radical (unpaired) electrons. The van der Waals surface area contributed by atoms with E-state index in [1.165, 1.54) is 0 Å². The Bertz CT molecular complexity index is 216. The molecule has 2 rings (SSSR count). The molecule has 1 aliphatic rings. The van der Waals surface area contributed by atoms with Crippen LogP contribution in [0.25, 0.3) is 0 Å². The molecule has 0 unspecified atom stereocenters. The summed E-state index contributed by atoms with van der Waals surface area (Å²) < 4.78 is 5.66. The lowest BCUT2D eigenvalue weighted by Gasteiger charge is -2.22. The molecule has 2 heterocycles. The number of aromatic nitrogens is 2. The molecule has 1 aromatic rings. The molecule has 4 heteroatoms. The van der Waals surface area contributed by atoms with E-state index in [1.807, 2.05) is 0 Å². The van der Waals surface area contributed by atoms with Crippen molar-refractivity contribution in [3.05, 3.63) is 12.4 Å². The lowest BCUT2D eigenvalue weighted by Crippen LogP contribution is -2.34. The van der Waals surface area contributed by atoms with Crippen molar-refractivity contribution in [2.24, 2.45) is 0 Å². The SMILES string of the molecule is c1n[nH]cc1OC1CCNCC1. The number of H-pyrrole nitrogens is 1. The molecule has 1 aliphatic heterocycles. The average molecular weight is 167 g/mol. The molecular formula is C8H13N3O. The van der Waals surface area contributed by atoms with Crippen molar-refractivity contribution < 1.29 is 4.74 Å². The van der Waals surface area contributed by atoms with Gasteiger partial charge in [-0.05, 0) is 25.9 Å². The Morgan fingerprint density at radius 2 is 2.25 bits per heavy atom. The van der Waals surface area contributed by atoms with Crippen molar-refractivity contribution in [2.45, 2.75) is 18.9 Å². The summed E-state index contributed by atoms with van der Waals surface area (Å²) in [4.78, 5) is 0. The number of hydrogen-bond donors (Lipinski definition) is 2. The van der Waals surface area contributed by atoms with Crippen LogP contribution in [-0.4, -0.2) is 29.4 Å². The van der Waals surface area contributed by atoms with E-state index >= 15 is 0 Å². The van der Waals surface area contributed by atoms with E-state index in [4.69, 9.17) is 4.74 Å². The second-order valence-electron chi connectivity index (χ2n) is 3.00. The summed E-state index contributed by atoms with van der Waals surface area (Å²) in [6.45, 7) is 2.12. The van der Waals surface area contributed by atoms with Crippen molar-refractivity contribution in [2.75, 3.05) is 13.1 Å². The summed E-state index contributed by atoms with van der Waals surface area (Å²) in [5, 5.41) is 9.84. The third-order valence-electron chi connectivity index (χ3n) is 2.06. The molecule has 0 saturated carbocycles. The number of nitrogens with zero attached hydrogens (tertiary/aromatic N) is 1. The van der Waals surface area contributed by atoms with Crippen molar-refractivity contribution >= 4 is 0 Å². The van der Waals surface area contributed by atoms with Crippen LogP contribution in [0.1, 0.15) is 12.8 Å². The number of ether oxygens (including phenoxy) is 1. The van der Waals surface area contributed by atoms with Gasteiger partial charge in [0, 0.05) is 0 Å². The monoisotopic (exact) mass is 167 g/mol. The molecule has 12 heavy (non-hydrogen) atoms.